The molecule has 0 radical (unpaired) electrons. The predicted octanol–water partition coefficient (Wildman–Crippen LogP) is 2.46. The first-order valence-corrected chi connectivity index (χ1v) is 5.01. The maximum absolute atomic E-state index is 11.9. The van der Waals surface area contributed by atoms with E-state index in [0.29, 0.717) is 0 Å². The summed E-state index contributed by atoms with van der Waals surface area (Å²) in [4.78, 5) is 4.41. The van der Waals surface area contributed by atoms with Crippen molar-refractivity contribution in [2.45, 2.75) is 12.2 Å². The van der Waals surface area contributed by atoms with Crippen molar-refractivity contribution in [1.82, 2.24) is 5.48 Å². The molecule has 0 aliphatic heterocycles. The number of ether oxygens (including phenoxy) is 1. The van der Waals surface area contributed by atoms with Gasteiger partial charge in [0, 0.05) is 7.11 Å². The van der Waals surface area contributed by atoms with Gasteiger partial charge in [0.1, 0.15) is 0 Å². The standard InChI is InChI=1S/C11H14F3NO2/c1-16-7-10(9-5-3-2-4-6-9)15-17-8-11(12,13)14/h2-6,10,15H,7-8H2,1H3. The molecule has 0 heterocycles. The summed E-state index contributed by atoms with van der Waals surface area (Å²) in [5, 5.41) is 0. The molecule has 6 heteroatoms. The van der Waals surface area contributed by atoms with E-state index in [1.54, 1.807) is 24.3 Å². The molecule has 0 bridgehead atoms. The lowest BCUT2D eigenvalue weighted by Gasteiger charge is -2.18. The lowest BCUT2D eigenvalue weighted by molar-refractivity contribution is -0.194. The molecular formula is C11H14F3NO2. The highest BCUT2D eigenvalue weighted by atomic mass is 19.4. The molecule has 0 aliphatic rings. The van der Waals surface area contributed by atoms with Gasteiger partial charge < -0.3 is 4.74 Å². The molecule has 1 atom stereocenters. The molecule has 0 saturated carbocycles. The van der Waals surface area contributed by atoms with Crippen molar-refractivity contribution < 1.29 is 22.7 Å². The van der Waals surface area contributed by atoms with Crippen LogP contribution in [0.2, 0.25) is 0 Å². The van der Waals surface area contributed by atoms with Crippen LogP contribution in [0, 0.1) is 0 Å². The van der Waals surface area contributed by atoms with Crippen molar-refractivity contribution in [1.29, 1.82) is 0 Å². The van der Waals surface area contributed by atoms with Crippen LogP contribution in [0.1, 0.15) is 11.6 Å². The van der Waals surface area contributed by atoms with Crippen LogP contribution in [-0.4, -0.2) is 26.5 Å². The Bertz CT molecular complexity index is 316. The van der Waals surface area contributed by atoms with Crippen LogP contribution in [0.4, 0.5) is 13.2 Å². The summed E-state index contributed by atoms with van der Waals surface area (Å²) < 4.78 is 40.6. The van der Waals surface area contributed by atoms with Crippen LogP contribution < -0.4 is 5.48 Å². The molecule has 0 saturated heterocycles. The summed E-state index contributed by atoms with van der Waals surface area (Å²) >= 11 is 0. The molecule has 0 spiro atoms. The zero-order valence-corrected chi connectivity index (χ0v) is 9.33. The molecular weight excluding hydrogens is 235 g/mol. The fraction of sp³-hybridized carbons (Fsp3) is 0.455. The fourth-order valence-corrected chi connectivity index (χ4v) is 1.27. The van der Waals surface area contributed by atoms with Crippen molar-refractivity contribution in [3.8, 4) is 0 Å². The van der Waals surface area contributed by atoms with E-state index in [-0.39, 0.29) is 6.61 Å². The summed E-state index contributed by atoms with van der Waals surface area (Å²) in [6.07, 6.45) is -4.35. The van der Waals surface area contributed by atoms with Gasteiger partial charge in [0.15, 0.2) is 6.61 Å². The van der Waals surface area contributed by atoms with Crippen molar-refractivity contribution in [3.05, 3.63) is 35.9 Å². The highest BCUT2D eigenvalue weighted by Crippen LogP contribution is 2.16. The second-order valence-corrected chi connectivity index (χ2v) is 3.44. The molecule has 1 N–H and O–H groups in total. The molecule has 0 aromatic heterocycles. The third kappa shape index (κ3) is 5.67. The summed E-state index contributed by atoms with van der Waals surface area (Å²) in [5.41, 5.74) is 3.15. The lowest BCUT2D eigenvalue weighted by atomic mass is 10.1. The van der Waals surface area contributed by atoms with Gasteiger partial charge in [-0.25, -0.2) is 0 Å². The lowest BCUT2D eigenvalue weighted by Crippen LogP contribution is -2.30. The number of hydrogen-bond donors (Lipinski definition) is 1. The molecule has 96 valence electrons. The van der Waals surface area contributed by atoms with E-state index >= 15 is 0 Å². The average molecular weight is 249 g/mol. The Labute approximate surface area is 97.5 Å². The van der Waals surface area contributed by atoms with E-state index in [1.165, 1.54) is 7.11 Å². The Morgan fingerprint density at radius 2 is 1.88 bits per heavy atom. The van der Waals surface area contributed by atoms with Gasteiger partial charge in [0.25, 0.3) is 0 Å². The minimum Gasteiger partial charge on any atom is -0.383 e. The van der Waals surface area contributed by atoms with E-state index < -0.39 is 18.8 Å². The second-order valence-electron chi connectivity index (χ2n) is 3.44. The van der Waals surface area contributed by atoms with Gasteiger partial charge in [-0.05, 0) is 5.56 Å². The topological polar surface area (TPSA) is 30.5 Å². The first-order chi connectivity index (χ1) is 8.03. The van der Waals surface area contributed by atoms with E-state index in [0.717, 1.165) is 5.56 Å². The summed E-state index contributed by atoms with van der Waals surface area (Å²) in [6, 6.07) is 8.56. The maximum Gasteiger partial charge on any atom is 0.413 e. The van der Waals surface area contributed by atoms with Gasteiger partial charge in [-0.1, -0.05) is 30.3 Å². The van der Waals surface area contributed by atoms with Crippen LogP contribution >= 0.6 is 0 Å². The smallest absolute Gasteiger partial charge is 0.383 e. The van der Waals surface area contributed by atoms with Gasteiger partial charge in [-0.2, -0.15) is 18.7 Å². The van der Waals surface area contributed by atoms with Gasteiger partial charge in [-0.3, -0.25) is 4.84 Å². The largest absolute Gasteiger partial charge is 0.413 e. The van der Waals surface area contributed by atoms with Crippen LogP contribution in [-0.2, 0) is 9.57 Å². The number of methoxy groups -OCH3 is 1. The highest BCUT2D eigenvalue weighted by molar-refractivity contribution is 5.18. The molecule has 1 unspecified atom stereocenters. The zero-order chi connectivity index (χ0) is 12.7. The fourth-order valence-electron chi connectivity index (χ4n) is 1.27. The zero-order valence-electron chi connectivity index (χ0n) is 9.33. The minimum absolute atomic E-state index is 0.224. The van der Waals surface area contributed by atoms with E-state index in [9.17, 15) is 13.2 Å². The third-order valence-corrected chi connectivity index (χ3v) is 2.00. The number of rotatable bonds is 6. The predicted molar refractivity (Wildman–Crippen MR) is 56.2 cm³/mol. The quantitative estimate of drug-likeness (QED) is 0.785. The molecule has 17 heavy (non-hydrogen) atoms. The second kappa shape index (κ2) is 6.58. The van der Waals surface area contributed by atoms with Gasteiger partial charge in [0.2, 0.25) is 0 Å². The number of benzene rings is 1. The van der Waals surface area contributed by atoms with Crippen molar-refractivity contribution in [2.24, 2.45) is 0 Å². The molecule has 1 rings (SSSR count). The highest BCUT2D eigenvalue weighted by Gasteiger charge is 2.28. The van der Waals surface area contributed by atoms with Crippen LogP contribution in [0.25, 0.3) is 0 Å². The SMILES string of the molecule is COCC(NOCC(F)(F)F)c1ccccc1. The van der Waals surface area contributed by atoms with E-state index in [1.807, 2.05) is 6.07 Å². The Balaban J connectivity index is 2.50. The number of hydroxylamine groups is 1. The summed E-state index contributed by atoms with van der Waals surface area (Å²) in [7, 11) is 1.47. The molecule has 3 nitrogen and oxygen atoms in total. The van der Waals surface area contributed by atoms with Crippen LogP contribution in [0.5, 0.6) is 0 Å². The Morgan fingerprint density at radius 1 is 1.24 bits per heavy atom. The van der Waals surface area contributed by atoms with Crippen LogP contribution in [0.3, 0.4) is 0 Å². The molecule has 0 aliphatic carbocycles. The van der Waals surface area contributed by atoms with Crippen molar-refractivity contribution in [2.75, 3.05) is 20.3 Å². The summed E-state index contributed by atoms with van der Waals surface area (Å²) in [6.45, 7) is -1.11. The van der Waals surface area contributed by atoms with Gasteiger partial charge in [-0.15, -0.1) is 0 Å². The number of hydrogen-bond acceptors (Lipinski definition) is 3. The van der Waals surface area contributed by atoms with Gasteiger partial charge in [0.05, 0.1) is 12.6 Å². The van der Waals surface area contributed by atoms with Gasteiger partial charge >= 0.3 is 6.18 Å². The Hall–Kier alpha value is -1.11. The molecule has 1 aromatic rings. The normalized spacial score (nSPS) is 13.6. The third-order valence-electron chi connectivity index (χ3n) is 2.00. The molecule has 1 aromatic carbocycles. The maximum atomic E-state index is 11.9. The summed E-state index contributed by atoms with van der Waals surface area (Å²) in [5.74, 6) is 0. The first-order valence-electron chi connectivity index (χ1n) is 5.01. The van der Waals surface area contributed by atoms with E-state index in [2.05, 4.69) is 10.3 Å². The number of halogens is 3. The Morgan fingerprint density at radius 3 is 2.41 bits per heavy atom. The Kier molecular flexibility index (Phi) is 5.40. The number of alkyl halides is 3. The molecule has 0 amide bonds. The van der Waals surface area contributed by atoms with Crippen molar-refractivity contribution in [3.63, 3.8) is 0 Å². The minimum atomic E-state index is -4.35. The number of nitrogens with one attached hydrogen (secondary N) is 1. The average Bonchev–Trinajstić information content (AvgIpc) is 2.27. The molecule has 0 fully saturated rings. The first kappa shape index (κ1) is 14.0. The van der Waals surface area contributed by atoms with Crippen LogP contribution in [0.15, 0.2) is 30.3 Å². The van der Waals surface area contributed by atoms with E-state index in [4.69, 9.17) is 4.74 Å². The van der Waals surface area contributed by atoms with Crippen molar-refractivity contribution >= 4 is 0 Å². The monoisotopic (exact) mass is 249 g/mol.